The minimum absolute atomic E-state index is 0.214. The Labute approximate surface area is 274 Å². The van der Waals surface area contributed by atoms with E-state index < -0.39 is 5.60 Å². The molecule has 2 heterocycles. The molecule has 1 saturated heterocycles. The molecule has 2 aliphatic heterocycles. The number of nitrogens with two attached hydrogens (primary N) is 1. The number of amides is 1. The van der Waals surface area contributed by atoms with Crippen molar-refractivity contribution in [1.29, 1.82) is 0 Å². The van der Waals surface area contributed by atoms with Crippen LogP contribution in [-0.2, 0) is 11.3 Å². The summed E-state index contributed by atoms with van der Waals surface area (Å²) in [6, 6.07) is 9.43. The van der Waals surface area contributed by atoms with Crippen molar-refractivity contribution in [2.75, 3.05) is 39.8 Å². The molecule has 1 aromatic carbocycles. The van der Waals surface area contributed by atoms with Crippen LogP contribution in [0.3, 0.4) is 0 Å². The van der Waals surface area contributed by atoms with E-state index in [9.17, 15) is 4.79 Å². The average Bonchev–Trinajstić information content (AvgIpc) is 3.42. The van der Waals surface area contributed by atoms with Gasteiger partial charge in [-0.15, -0.1) is 0 Å². The predicted octanol–water partition coefficient (Wildman–Crippen LogP) is 7.75. The maximum absolute atomic E-state index is 12.4. The topological polar surface area (TPSA) is 86.8 Å². The third-order valence-corrected chi connectivity index (χ3v) is 8.58. The molecule has 0 aromatic heterocycles. The second-order valence-electron chi connectivity index (χ2n) is 12.8. The molecule has 2 fully saturated rings. The molecule has 4 rings (SSSR count). The van der Waals surface area contributed by atoms with Gasteiger partial charge in [-0.2, -0.15) is 0 Å². The summed E-state index contributed by atoms with van der Waals surface area (Å²) in [7, 11) is 1.50. The van der Waals surface area contributed by atoms with Crippen LogP contribution in [0.15, 0.2) is 52.2 Å². The van der Waals surface area contributed by atoms with Crippen molar-refractivity contribution in [1.82, 2.24) is 14.7 Å². The summed E-state index contributed by atoms with van der Waals surface area (Å²) in [6.45, 7) is 22.8. The maximum Gasteiger partial charge on any atom is 0.410 e. The number of benzene rings is 1. The summed E-state index contributed by atoms with van der Waals surface area (Å²) in [5.41, 5.74) is 8.77. The van der Waals surface area contributed by atoms with Gasteiger partial charge in [-0.1, -0.05) is 84.1 Å². The Hall–Kier alpha value is -2.97. The summed E-state index contributed by atoms with van der Waals surface area (Å²) in [5, 5.41) is 0. The van der Waals surface area contributed by atoms with Gasteiger partial charge in [0.15, 0.2) is 0 Å². The summed E-state index contributed by atoms with van der Waals surface area (Å²) in [4.78, 5) is 28.5. The Bertz CT molecular complexity index is 1120. The number of ether oxygens (including phenoxy) is 1. The first-order valence-electron chi connectivity index (χ1n) is 17.3. The number of carbonyl (C=O) groups is 1. The molecule has 0 atom stereocenters. The molecule has 8 heteroatoms. The Kier molecular flexibility index (Phi) is 16.6. The van der Waals surface area contributed by atoms with Crippen molar-refractivity contribution in [3.05, 3.63) is 53.4 Å². The van der Waals surface area contributed by atoms with Gasteiger partial charge in [0.1, 0.15) is 11.4 Å². The summed E-state index contributed by atoms with van der Waals surface area (Å²) in [5.74, 6) is 1.67. The first kappa shape index (κ1) is 38.2. The van der Waals surface area contributed by atoms with Crippen LogP contribution in [0.5, 0.6) is 0 Å². The lowest BCUT2D eigenvalue weighted by Gasteiger charge is -2.35. The van der Waals surface area contributed by atoms with Crippen molar-refractivity contribution >= 4 is 24.2 Å². The van der Waals surface area contributed by atoms with Crippen LogP contribution in [0.4, 0.5) is 4.79 Å². The molecule has 45 heavy (non-hydrogen) atoms. The fourth-order valence-electron chi connectivity index (χ4n) is 6.01. The zero-order chi connectivity index (χ0) is 33.4. The zero-order valence-electron chi connectivity index (χ0n) is 29.6. The molecule has 1 aliphatic carbocycles. The van der Waals surface area contributed by atoms with Gasteiger partial charge in [-0.05, 0) is 64.4 Å². The lowest BCUT2D eigenvalue weighted by molar-refractivity contribution is 0.0139. The molecule has 2 N–H and O–H groups in total. The molecule has 1 aromatic rings. The van der Waals surface area contributed by atoms with Crippen molar-refractivity contribution in [3.63, 3.8) is 0 Å². The molecule has 0 unspecified atom stereocenters. The molecular formula is C37H62N6O2. The summed E-state index contributed by atoms with van der Waals surface area (Å²) in [6.07, 6.45) is 12.6. The van der Waals surface area contributed by atoms with Crippen LogP contribution < -0.4 is 5.73 Å². The van der Waals surface area contributed by atoms with Crippen LogP contribution >= 0.6 is 0 Å². The Balaban J connectivity index is 0.00000169. The molecule has 8 nitrogen and oxygen atoms in total. The normalized spacial score (nSPS) is 19.6. The van der Waals surface area contributed by atoms with Gasteiger partial charge in [-0.25, -0.2) is 4.79 Å². The van der Waals surface area contributed by atoms with E-state index in [-0.39, 0.29) is 6.09 Å². The molecule has 0 radical (unpaired) electrons. The largest absolute Gasteiger partial charge is 0.444 e. The number of amidine groups is 1. The highest BCUT2D eigenvalue weighted by atomic mass is 16.6. The maximum atomic E-state index is 12.4. The zero-order valence-corrected chi connectivity index (χ0v) is 29.6. The van der Waals surface area contributed by atoms with Crippen LogP contribution in [0.2, 0.25) is 0 Å². The lowest BCUT2D eigenvalue weighted by Crippen LogP contribution is -2.49. The third-order valence-electron chi connectivity index (χ3n) is 8.58. The number of hydrogen-bond donors (Lipinski definition) is 1. The minimum atomic E-state index is -0.463. The molecule has 252 valence electrons. The van der Waals surface area contributed by atoms with E-state index >= 15 is 0 Å². The second-order valence-corrected chi connectivity index (χ2v) is 12.8. The quantitative estimate of drug-likeness (QED) is 0.285. The van der Waals surface area contributed by atoms with E-state index in [2.05, 4.69) is 71.6 Å². The number of aliphatic imine (C=N–C) groups is 2. The van der Waals surface area contributed by atoms with Crippen LogP contribution in [-0.4, -0.2) is 84.8 Å². The highest BCUT2D eigenvalue weighted by Crippen LogP contribution is 2.37. The van der Waals surface area contributed by atoms with Gasteiger partial charge in [0, 0.05) is 68.9 Å². The molecule has 0 bridgehead atoms. The van der Waals surface area contributed by atoms with Gasteiger partial charge in [-0.3, -0.25) is 14.9 Å². The van der Waals surface area contributed by atoms with Gasteiger partial charge >= 0.3 is 6.09 Å². The van der Waals surface area contributed by atoms with E-state index in [0.717, 1.165) is 50.4 Å². The average molecular weight is 623 g/mol. The summed E-state index contributed by atoms with van der Waals surface area (Å²) < 4.78 is 5.55. The fraction of sp³-hybridized carbons (Fsp3) is 0.649. The second kappa shape index (κ2) is 19.5. The van der Waals surface area contributed by atoms with Gasteiger partial charge in [0.05, 0.1) is 0 Å². The Morgan fingerprint density at radius 1 is 1.02 bits per heavy atom. The monoisotopic (exact) mass is 622 g/mol. The predicted molar refractivity (Wildman–Crippen MR) is 192 cm³/mol. The standard InChI is InChI=1S/C34H51N5O2.C2H6.CH5N/c1-7-26(8-2)22-36-32-30(23-35-6)31(25-39(32)29-12-10-9-11-13-29)28-16-14-27(15-17-28)24-37-18-20-38(21-19-37)33(40)41-34(3,4)5;2*1-2/h14-17,23,25-26,29H,6-13,18-22,24H2,1-5H3;1-2H3;2H2,1H3/b30-23-,36-32?;;. The Morgan fingerprint density at radius 3 is 2.16 bits per heavy atom. The van der Waals surface area contributed by atoms with Crippen molar-refractivity contribution in [2.45, 2.75) is 112 Å². The van der Waals surface area contributed by atoms with Crippen LogP contribution in [0.1, 0.15) is 105 Å². The van der Waals surface area contributed by atoms with Gasteiger partial charge in [0.2, 0.25) is 0 Å². The fourth-order valence-corrected chi connectivity index (χ4v) is 6.01. The number of nitrogens with zero attached hydrogens (tertiary/aromatic N) is 5. The van der Waals surface area contributed by atoms with Gasteiger partial charge < -0.3 is 20.3 Å². The van der Waals surface area contributed by atoms with Crippen molar-refractivity contribution < 1.29 is 9.53 Å². The first-order valence-corrected chi connectivity index (χ1v) is 17.3. The van der Waals surface area contributed by atoms with Crippen LogP contribution in [0.25, 0.3) is 5.57 Å². The Morgan fingerprint density at radius 2 is 1.62 bits per heavy atom. The molecule has 1 amide bonds. The SMILES string of the molecule is C=N/C=C1/C(c2ccc(CN3CCN(C(=O)OC(C)(C)C)CC3)cc2)=CN(C2CCCCC2)C1=NCC(CC)CC.CC.CN. The molecule has 3 aliphatic rings. The van der Waals surface area contributed by atoms with E-state index in [4.69, 9.17) is 9.73 Å². The lowest BCUT2D eigenvalue weighted by atomic mass is 9.94. The molecular weight excluding hydrogens is 560 g/mol. The first-order chi connectivity index (χ1) is 21.7. The van der Waals surface area contributed by atoms with Crippen molar-refractivity contribution in [2.24, 2.45) is 21.6 Å². The smallest absolute Gasteiger partial charge is 0.410 e. The van der Waals surface area contributed by atoms with Crippen molar-refractivity contribution in [3.8, 4) is 0 Å². The van der Waals surface area contributed by atoms with E-state index in [1.807, 2.05) is 45.7 Å². The molecule has 0 spiro atoms. The highest BCUT2D eigenvalue weighted by molar-refractivity contribution is 6.16. The minimum Gasteiger partial charge on any atom is -0.444 e. The number of hydrogen-bond acceptors (Lipinski definition) is 6. The number of piperazine rings is 1. The summed E-state index contributed by atoms with van der Waals surface area (Å²) >= 11 is 0. The van der Waals surface area contributed by atoms with E-state index in [1.54, 1.807) is 0 Å². The van der Waals surface area contributed by atoms with E-state index in [0.29, 0.717) is 25.0 Å². The third kappa shape index (κ3) is 11.4. The highest BCUT2D eigenvalue weighted by Gasteiger charge is 2.33. The van der Waals surface area contributed by atoms with Gasteiger partial charge in [0.25, 0.3) is 0 Å². The number of rotatable bonds is 9. The van der Waals surface area contributed by atoms with Crippen LogP contribution in [0, 0.1) is 5.92 Å². The van der Waals surface area contributed by atoms with E-state index in [1.165, 1.54) is 55.9 Å². The number of carbonyl (C=O) groups excluding carboxylic acids is 1. The molecule has 1 saturated carbocycles.